The second-order valence-corrected chi connectivity index (χ2v) is 9.04. The van der Waals surface area contributed by atoms with Crippen molar-refractivity contribution < 1.29 is 14.6 Å². The van der Waals surface area contributed by atoms with Crippen molar-refractivity contribution in [2.45, 2.75) is 33.8 Å². The molecular formula is C24H24Cl2O3. The highest BCUT2D eigenvalue weighted by atomic mass is 35.5. The maximum absolute atomic E-state index is 12.2. The van der Waals surface area contributed by atoms with Crippen LogP contribution >= 0.6 is 23.2 Å². The Hall–Kier alpha value is -2.07. The minimum Gasteiger partial charge on any atom is -0.462 e. The standard InChI is InChI=1S/C24H24Cl2O3/c1-14-11-15-7-5-6-8-17(15)22(18-10-9-16(25)12-19(18)26)21(14)20(27)13-29-23(28)24(2,3)4/h5-12,20,27H,13H2,1-4H3/t20-/m1/s1. The first-order valence-corrected chi connectivity index (χ1v) is 10.2. The van der Waals surface area contributed by atoms with Gasteiger partial charge in [-0.2, -0.15) is 0 Å². The number of aryl methyl sites for hydroxylation is 1. The van der Waals surface area contributed by atoms with Crippen molar-refractivity contribution in [3.63, 3.8) is 0 Å². The molecule has 3 aromatic carbocycles. The second-order valence-electron chi connectivity index (χ2n) is 8.19. The van der Waals surface area contributed by atoms with E-state index >= 15 is 0 Å². The molecule has 1 N–H and O–H groups in total. The van der Waals surface area contributed by atoms with E-state index in [2.05, 4.69) is 0 Å². The summed E-state index contributed by atoms with van der Waals surface area (Å²) in [6.45, 7) is 7.14. The molecule has 3 nitrogen and oxygen atoms in total. The van der Waals surface area contributed by atoms with Crippen LogP contribution in [0.3, 0.4) is 0 Å². The van der Waals surface area contributed by atoms with Gasteiger partial charge >= 0.3 is 5.97 Å². The lowest BCUT2D eigenvalue weighted by atomic mass is 9.87. The molecule has 0 aliphatic rings. The maximum atomic E-state index is 12.2. The van der Waals surface area contributed by atoms with Gasteiger partial charge in [0.15, 0.2) is 0 Å². The number of hydrogen-bond acceptors (Lipinski definition) is 3. The zero-order valence-corrected chi connectivity index (χ0v) is 18.4. The SMILES string of the molecule is Cc1cc2ccccc2c(-c2ccc(Cl)cc2Cl)c1[C@H](O)COC(=O)C(C)(C)C. The summed E-state index contributed by atoms with van der Waals surface area (Å²) in [5, 5.41) is 14.0. The molecule has 0 heterocycles. The van der Waals surface area contributed by atoms with Gasteiger partial charge < -0.3 is 9.84 Å². The fourth-order valence-electron chi connectivity index (χ4n) is 3.37. The van der Waals surface area contributed by atoms with Crippen molar-refractivity contribution in [1.29, 1.82) is 0 Å². The van der Waals surface area contributed by atoms with E-state index in [0.717, 1.165) is 27.5 Å². The van der Waals surface area contributed by atoms with E-state index in [9.17, 15) is 9.90 Å². The van der Waals surface area contributed by atoms with Crippen LogP contribution in [-0.2, 0) is 9.53 Å². The molecule has 29 heavy (non-hydrogen) atoms. The average Bonchev–Trinajstić information content (AvgIpc) is 2.64. The number of hydrogen-bond donors (Lipinski definition) is 1. The molecule has 0 aliphatic carbocycles. The number of carbonyl (C=O) groups is 1. The lowest BCUT2D eigenvalue weighted by molar-refractivity contribution is -0.156. The molecule has 0 radical (unpaired) electrons. The lowest BCUT2D eigenvalue weighted by Gasteiger charge is -2.23. The molecule has 152 valence electrons. The Labute approximate surface area is 181 Å². The monoisotopic (exact) mass is 430 g/mol. The van der Waals surface area contributed by atoms with E-state index in [4.69, 9.17) is 27.9 Å². The molecule has 0 aromatic heterocycles. The van der Waals surface area contributed by atoms with Crippen molar-refractivity contribution in [3.05, 3.63) is 69.7 Å². The van der Waals surface area contributed by atoms with Crippen LogP contribution < -0.4 is 0 Å². The van der Waals surface area contributed by atoms with E-state index in [0.29, 0.717) is 15.6 Å². The van der Waals surface area contributed by atoms with Crippen molar-refractivity contribution in [3.8, 4) is 11.1 Å². The van der Waals surface area contributed by atoms with E-state index in [-0.39, 0.29) is 12.6 Å². The Balaban J connectivity index is 2.16. The predicted octanol–water partition coefficient (Wildman–Crippen LogP) is 6.74. The number of benzene rings is 3. The summed E-state index contributed by atoms with van der Waals surface area (Å²) in [5.74, 6) is -0.360. The van der Waals surface area contributed by atoms with Crippen LogP contribution in [0.2, 0.25) is 10.0 Å². The molecule has 0 unspecified atom stereocenters. The highest BCUT2D eigenvalue weighted by Gasteiger charge is 2.26. The largest absolute Gasteiger partial charge is 0.462 e. The van der Waals surface area contributed by atoms with Crippen molar-refractivity contribution in [2.75, 3.05) is 6.61 Å². The van der Waals surface area contributed by atoms with Gasteiger partial charge in [0.1, 0.15) is 12.7 Å². The first-order chi connectivity index (χ1) is 13.6. The number of aliphatic hydroxyl groups is 1. The van der Waals surface area contributed by atoms with Crippen LogP contribution in [-0.4, -0.2) is 17.7 Å². The fraction of sp³-hybridized carbons (Fsp3) is 0.292. The molecule has 3 rings (SSSR count). The summed E-state index contributed by atoms with van der Waals surface area (Å²) in [5.41, 5.74) is 2.54. The number of fused-ring (bicyclic) bond motifs is 1. The smallest absolute Gasteiger partial charge is 0.311 e. The lowest BCUT2D eigenvalue weighted by Crippen LogP contribution is -2.25. The van der Waals surface area contributed by atoms with Gasteiger partial charge in [-0.3, -0.25) is 4.79 Å². The van der Waals surface area contributed by atoms with Gasteiger partial charge in [0.2, 0.25) is 0 Å². The van der Waals surface area contributed by atoms with Gasteiger partial charge in [-0.05, 0) is 67.3 Å². The summed E-state index contributed by atoms with van der Waals surface area (Å²) in [7, 11) is 0. The van der Waals surface area contributed by atoms with E-state index < -0.39 is 11.5 Å². The first-order valence-electron chi connectivity index (χ1n) is 9.42. The predicted molar refractivity (Wildman–Crippen MR) is 120 cm³/mol. The highest BCUT2D eigenvalue weighted by Crippen LogP contribution is 2.41. The second kappa shape index (κ2) is 8.35. The Morgan fingerprint density at radius 3 is 2.45 bits per heavy atom. The van der Waals surface area contributed by atoms with Gasteiger partial charge in [0.05, 0.1) is 5.41 Å². The van der Waals surface area contributed by atoms with Gasteiger partial charge in [0.25, 0.3) is 0 Å². The summed E-state index contributed by atoms with van der Waals surface area (Å²) in [6.07, 6.45) is -0.993. The summed E-state index contributed by atoms with van der Waals surface area (Å²) in [4.78, 5) is 12.2. The molecule has 1 atom stereocenters. The van der Waals surface area contributed by atoms with E-state index in [1.54, 1.807) is 32.9 Å². The zero-order chi connectivity index (χ0) is 21.3. The molecule has 0 saturated carbocycles. The first kappa shape index (κ1) is 21.6. The number of esters is 1. The molecule has 5 heteroatoms. The van der Waals surface area contributed by atoms with Crippen molar-refractivity contribution >= 4 is 39.9 Å². The summed E-state index contributed by atoms with van der Waals surface area (Å²) in [6, 6.07) is 15.3. The number of ether oxygens (including phenoxy) is 1. The molecule has 0 amide bonds. The molecule has 0 aliphatic heterocycles. The molecule has 0 fully saturated rings. The van der Waals surface area contributed by atoms with Crippen molar-refractivity contribution in [2.24, 2.45) is 5.41 Å². The van der Waals surface area contributed by atoms with Gasteiger partial charge in [0, 0.05) is 15.6 Å². The fourth-order valence-corrected chi connectivity index (χ4v) is 3.87. The molecule has 0 saturated heterocycles. The van der Waals surface area contributed by atoms with E-state index in [1.807, 2.05) is 43.3 Å². The van der Waals surface area contributed by atoms with Crippen LogP contribution in [0.5, 0.6) is 0 Å². The minimum atomic E-state index is -0.993. The van der Waals surface area contributed by atoms with Gasteiger partial charge in [-0.15, -0.1) is 0 Å². The molecule has 0 spiro atoms. The normalized spacial score (nSPS) is 12.8. The minimum absolute atomic E-state index is 0.131. The summed E-state index contributed by atoms with van der Waals surface area (Å²) >= 11 is 12.6. The third kappa shape index (κ3) is 4.58. The van der Waals surface area contributed by atoms with Gasteiger partial charge in [-0.25, -0.2) is 0 Å². The van der Waals surface area contributed by atoms with E-state index in [1.165, 1.54) is 0 Å². The number of aliphatic hydroxyl groups excluding tert-OH is 1. The quantitative estimate of drug-likeness (QED) is 0.465. The van der Waals surface area contributed by atoms with Crippen LogP contribution in [0.15, 0.2) is 48.5 Å². The highest BCUT2D eigenvalue weighted by molar-refractivity contribution is 6.36. The van der Waals surface area contributed by atoms with Crippen LogP contribution in [0.1, 0.15) is 38.0 Å². The van der Waals surface area contributed by atoms with Crippen LogP contribution in [0.4, 0.5) is 0 Å². The topological polar surface area (TPSA) is 46.5 Å². The third-order valence-corrected chi connectivity index (χ3v) is 5.36. The Bertz CT molecular complexity index is 1070. The number of carbonyl (C=O) groups excluding carboxylic acids is 1. The number of halogens is 2. The summed E-state index contributed by atoms with van der Waals surface area (Å²) < 4.78 is 5.39. The molecule has 3 aromatic rings. The maximum Gasteiger partial charge on any atom is 0.311 e. The number of rotatable bonds is 4. The average molecular weight is 431 g/mol. The van der Waals surface area contributed by atoms with Crippen molar-refractivity contribution in [1.82, 2.24) is 0 Å². The molecule has 0 bridgehead atoms. The Morgan fingerprint density at radius 2 is 1.79 bits per heavy atom. The third-order valence-electron chi connectivity index (χ3n) is 4.81. The Kier molecular flexibility index (Phi) is 6.23. The zero-order valence-electron chi connectivity index (χ0n) is 16.9. The molecular weight excluding hydrogens is 407 g/mol. The van der Waals surface area contributed by atoms with Gasteiger partial charge in [-0.1, -0.05) is 59.6 Å². The van der Waals surface area contributed by atoms with Crippen LogP contribution in [0.25, 0.3) is 21.9 Å². The Morgan fingerprint density at radius 1 is 1.10 bits per heavy atom. The van der Waals surface area contributed by atoms with Crippen LogP contribution in [0, 0.1) is 12.3 Å².